The minimum Gasteiger partial charge on any atom is -0.393 e. The molecule has 0 aliphatic heterocycles. The maximum absolute atomic E-state index is 11.9. The minimum atomic E-state index is -0.250. The van der Waals surface area contributed by atoms with Crippen LogP contribution in [-0.2, 0) is 11.3 Å². The van der Waals surface area contributed by atoms with Crippen molar-refractivity contribution in [2.24, 2.45) is 0 Å². The molecule has 1 aliphatic carbocycles. The molecule has 1 saturated carbocycles. The first-order valence-corrected chi connectivity index (χ1v) is 5.76. The van der Waals surface area contributed by atoms with Crippen molar-refractivity contribution >= 4 is 5.91 Å². The molecule has 4 heteroatoms. The van der Waals surface area contributed by atoms with Crippen molar-refractivity contribution in [1.29, 1.82) is 0 Å². The van der Waals surface area contributed by atoms with E-state index in [0.29, 0.717) is 25.0 Å². The molecule has 0 heterocycles. The van der Waals surface area contributed by atoms with E-state index in [4.69, 9.17) is 9.84 Å². The average molecular weight is 235 g/mol. The average Bonchev–Trinajstić information content (AvgIpc) is 2.28. The molecule has 1 aliphatic rings. The molecule has 92 valence electrons. The van der Waals surface area contributed by atoms with Gasteiger partial charge in [-0.3, -0.25) is 4.79 Å². The highest BCUT2D eigenvalue weighted by Crippen LogP contribution is 2.19. The van der Waals surface area contributed by atoms with Gasteiger partial charge in [-0.15, -0.1) is 0 Å². The molecular weight excluding hydrogens is 218 g/mol. The van der Waals surface area contributed by atoms with Crippen molar-refractivity contribution in [1.82, 2.24) is 5.32 Å². The Morgan fingerprint density at radius 1 is 1.53 bits per heavy atom. The smallest absolute Gasteiger partial charge is 0.251 e. The fourth-order valence-corrected chi connectivity index (χ4v) is 1.94. The number of carbonyl (C=O) groups excluding carboxylic acids is 1. The number of carbonyl (C=O) groups is 1. The summed E-state index contributed by atoms with van der Waals surface area (Å²) in [4.78, 5) is 11.9. The van der Waals surface area contributed by atoms with Crippen LogP contribution in [0.3, 0.4) is 0 Å². The molecule has 1 aromatic carbocycles. The quantitative estimate of drug-likeness (QED) is 0.821. The number of methoxy groups -OCH3 is 1. The Kier molecular flexibility index (Phi) is 3.76. The third-order valence-corrected chi connectivity index (χ3v) is 2.95. The summed E-state index contributed by atoms with van der Waals surface area (Å²) >= 11 is 0. The molecule has 0 saturated heterocycles. The van der Waals surface area contributed by atoms with Gasteiger partial charge in [-0.2, -0.15) is 0 Å². The standard InChI is InChI=1S/C13H17NO3/c1-17-8-9-3-2-4-10(5-9)13(16)14-11-6-12(15)7-11/h2-5,11-12,15H,6-8H2,1H3,(H,14,16). The van der Waals surface area contributed by atoms with Crippen molar-refractivity contribution in [3.05, 3.63) is 35.4 Å². The molecular formula is C13H17NO3. The summed E-state index contributed by atoms with van der Waals surface area (Å²) in [6.07, 6.45) is 1.06. The van der Waals surface area contributed by atoms with Crippen molar-refractivity contribution < 1.29 is 14.6 Å². The van der Waals surface area contributed by atoms with Gasteiger partial charge >= 0.3 is 0 Å². The first kappa shape index (κ1) is 12.1. The second-order valence-electron chi connectivity index (χ2n) is 4.43. The summed E-state index contributed by atoms with van der Waals surface area (Å²) in [5.74, 6) is -0.0835. The van der Waals surface area contributed by atoms with E-state index in [1.165, 1.54) is 0 Å². The fraction of sp³-hybridized carbons (Fsp3) is 0.462. The molecule has 0 aromatic heterocycles. The summed E-state index contributed by atoms with van der Waals surface area (Å²) in [6.45, 7) is 0.503. The van der Waals surface area contributed by atoms with Gasteiger partial charge in [0, 0.05) is 18.7 Å². The lowest BCUT2D eigenvalue weighted by atomic mass is 9.89. The summed E-state index contributed by atoms with van der Waals surface area (Å²) < 4.78 is 5.03. The van der Waals surface area contributed by atoms with E-state index in [1.807, 2.05) is 18.2 Å². The summed E-state index contributed by atoms with van der Waals surface area (Å²) in [5, 5.41) is 12.0. The van der Waals surface area contributed by atoms with Gasteiger partial charge in [0.05, 0.1) is 12.7 Å². The molecule has 2 N–H and O–H groups in total. The fourth-order valence-electron chi connectivity index (χ4n) is 1.94. The number of rotatable bonds is 4. The van der Waals surface area contributed by atoms with Crippen molar-refractivity contribution in [2.75, 3.05) is 7.11 Å². The highest BCUT2D eigenvalue weighted by atomic mass is 16.5. The Bertz CT molecular complexity index is 399. The highest BCUT2D eigenvalue weighted by Gasteiger charge is 2.28. The summed E-state index contributed by atoms with van der Waals surface area (Å²) in [5.41, 5.74) is 1.62. The number of hydrogen-bond acceptors (Lipinski definition) is 3. The van der Waals surface area contributed by atoms with Crippen LogP contribution in [0.4, 0.5) is 0 Å². The van der Waals surface area contributed by atoms with Crippen LogP contribution in [-0.4, -0.2) is 30.3 Å². The van der Waals surface area contributed by atoms with E-state index in [9.17, 15) is 4.79 Å². The van der Waals surface area contributed by atoms with Crippen molar-refractivity contribution in [3.8, 4) is 0 Å². The molecule has 0 atom stereocenters. The molecule has 2 rings (SSSR count). The van der Waals surface area contributed by atoms with Gasteiger partial charge in [-0.05, 0) is 30.5 Å². The van der Waals surface area contributed by atoms with Gasteiger partial charge in [-0.1, -0.05) is 12.1 Å². The zero-order valence-corrected chi connectivity index (χ0v) is 9.85. The lowest BCUT2D eigenvalue weighted by Gasteiger charge is -2.31. The predicted molar refractivity (Wildman–Crippen MR) is 63.7 cm³/mol. The van der Waals surface area contributed by atoms with Crippen LogP contribution >= 0.6 is 0 Å². The number of aliphatic hydroxyl groups excluding tert-OH is 1. The van der Waals surface area contributed by atoms with Crippen LogP contribution in [0.5, 0.6) is 0 Å². The van der Waals surface area contributed by atoms with Crippen LogP contribution in [0.1, 0.15) is 28.8 Å². The third-order valence-electron chi connectivity index (χ3n) is 2.95. The second kappa shape index (κ2) is 5.29. The first-order valence-electron chi connectivity index (χ1n) is 5.76. The van der Waals surface area contributed by atoms with E-state index >= 15 is 0 Å². The van der Waals surface area contributed by atoms with E-state index < -0.39 is 0 Å². The monoisotopic (exact) mass is 235 g/mol. The van der Waals surface area contributed by atoms with Gasteiger partial charge in [0.15, 0.2) is 0 Å². The van der Waals surface area contributed by atoms with Crippen LogP contribution < -0.4 is 5.32 Å². The van der Waals surface area contributed by atoms with Crippen molar-refractivity contribution in [2.45, 2.75) is 31.6 Å². The predicted octanol–water partition coefficient (Wildman–Crippen LogP) is 1.09. The Labute approximate surface area is 101 Å². The summed E-state index contributed by atoms with van der Waals surface area (Å²) in [7, 11) is 1.63. The number of amides is 1. The minimum absolute atomic E-state index is 0.0835. The lowest BCUT2D eigenvalue weighted by Crippen LogP contribution is -2.46. The van der Waals surface area contributed by atoms with E-state index in [2.05, 4.69) is 5.32 Å². The number of hydrogen-bond donors (Lipinski definition) is 2. The molecule has 1 amide bonds. The number of nitrogens with one attached hydrogen (secondary N) is 1. The van der Waals surface area contributed by atoms with Crippen LogP contribution in [0.2, 0.25) is 0 Å². The molecule has 1 aromatic rings. The summed E-state index contributed by atoms with van der Waals surface area (Å²) in [6, 6.07) is 7.49. The Hall–Kier alpha value is -1.39. The van der Waals surface area contributed by atoms with Gasteiger partial charge < -0.3 is 15.2 Å². The highest BCUT2D eigenvalue weighted by molar-refractivity contribution is 5.94. The molecule has 4 nitrogen and oxygen atoms in total. The van der Waals surface area contributed by atoms with Gasteiger partial charge in [0.25, 0.3) is 5.91 Å². The maximum Gasteiger partial charge on any atom is 0.251 e. The normalized spacial score (nSPS) is 22.9. The Balaban J connectivity index is 1.96. The van der Waals surface area contributed by atoms with Gasteiger partial charge in [-0.25, -0.2) is 0 Å². The van der Waals surface area contributed by atoms with E-state index in [1.54, 1.807) is 13.2 Å². The molecule has 0 bridgehead atoms. The van der Waals surface area contributed by atoms with Gasteiger partial charge in [0.2, 0.25) is 0 Å². The molecule has 0 spiro atoms. The van der Waals surface area contributed by atoms with Crippen LogP contribution in [0.15, 0.2) is 24.3 Å². The van der Waals surface area contributed by atoms with Crippen LogP contribution in [0, 0.1) is 0 Å². The van der Waals surface area contributed by atoms with Gasteiger partial charge in [0.1, 0.15) is 0 Å². The third kappa shape index (κ3) is 3.05. The maximum atomic E-state index is 11.9. The number of benzene rings is 1. The zero-order valence-electron chi connectivity index (χ0n) is 9.85. The lowest BCUT2D eigenvalue weighted by molar-refractivity contribution is 0.0562. The second-order valence-corrected chi connectivity index (χ2v) is 4.43. The molecule has 1 fully saturated rings. The van der Waals surface area contributed by atoms with E-state index in [0.717, 1.165) is 5.56 Å². The van der Waals surface area contributed by atoms with Crippen molar-refractivity contribution in [3.63, 3.8) is 0 Å². The molecule has 0 unspecified atom stereocenters. The largest absolute Gasteiger partial charge is 0.393 e. The Morgan fingerprint density at radius 3 is 2.94 bits per heavy atom. The van der Waals surface area contributed by atoms with E-state index in [-0.39, 0.29) is 18.1 Å². The SMILES string of the molecule is COCc1cccc(C(=O)NC2CC(O)C2)c1. The molecule has 0 radical (unpaired) electrons. The topological polar surface area (TPSA) is 58.6 Å². The number of ether oxygens (including phenoxy) is 1. The molecule has 17 heavy (non-hydrogen) atoms. The zero-order chi connectivity index (χ0) is 12.3. The first-order chi connectivity index (χ1) is 8.19. The Morgan fingerprint density at radius 2 is 2.29 bits per heavy atom. The van der Waals surface area contributed by atoms with Crippen LogP contribution in [0.25, 0.3) is 0 Å². The number of aliphatic hydroxyl groups is 1.